The Balaban J connectivity index is 1.47. The average molecular weight is 470 g/mol. The van der Waals surface area contributed by atoms with Gasteiger partial charge in [0.25, 0.3) is 10.0 Å². The van der Waals surface area contributed by atoms with Gasteiger partial charge in [0.05, 0.1) is 11.7 Å². The van der Waals surface area contributed by atoms with Crippen molar-refractivity contribution >= 4 is 45.2 Å². The molecule has 7 nitrogen and oxygen atoms in total. The highest BCUT2D eigenvalue weighted by molar-refractivity contribution is 7.91. The molecule has 154 valence electrons. The van der Waals surface area contributed by atoms with E-state index in [2.05, 4.69) is 10.00 Å². The Morgan fingerprint density at radius 2 is 1.86 bits per heavy atom. The molecule has 0 N–H and O–H groups in total. The molecule has 0 spiro atoms. The van der Waals surface area contributed by atoms with E-state index >= 15 is 0 Å². The largest absolute Gasteiger partial charge is 0.303 e. The van der Waals surface area contributed by atoms with Gasteiger partial charge in [-0.1, -0.05) is 29.8 Å². The summed E-state index contributed by atoms with van der Waals surface area (Å²) in [6.07, 6.45) is 0. The predicted molar refractivity (Wildman–Crippen MR) is 117 cm³/mol. The Kier molecular flexibility index (Phi) is 5.92. The highest BCUT2D eigenvalue weighted by Gasteiger charge is 2.29. The molecule has 0 aliphatic carbocycles. The van der Waals surface area contributed by atoms with Crippen LogP contribution in [-0.2, 0) is 23.7 Å². The van der Waals surface area contributed by atoms with Crippen molar-refractivity contribution in [3.8, 4) is 11.4 Å². The number of sulfonamides is 1. The molecule has 0 radical (unpaired) electrons. The van der Waals surface area contributed by atoms with Crippen LogP contribution in [0.5, 0.6) is 0 Å². The van der Waals surface area contributed by atoms with Crippen LogP contribution in [-0.4, -0.2) is 58.1 Å². The summed E-state index contributed by atoms with van der Waals surface area (Å²) in [5.41, 5.74) is 0.827. The molecule has 0 saturated carbocycles. The zero-order valence-electron chi connectivity index (χ0n) is 15.7. The topological polar surface area (TPSA) is 63.4 Å². The summed E-state index contributed by atoms with van der Waals surface area (Å²) >= 11 is 13.1. The van der Waals surface area contributed by atoms with Gasteiger partial charge in [-0.2, -0.15) is 9.40 Å². The Morgan fingerprint density at radius 3 is 2.52 bits per heavy atom. The van der Waals surface area contributed by atoms with Gasteiger partial charge in [0, 0.05) is 38.8 Å². The maximum absolute atomic E-state index is 12.7. The van der Waals surface area contributed by atoms with E-state index < -0.39 is 10.0 Å². The number of piperazine rings is 1. The zero-order chi connectivity index (χ0) is 20.6. The molecule has 2 aromatic heterocycles. The van der Waals surface area contributed by atoms with Gasteiger partial charge in [0.1, 0.15) is 4.21 Å². The number of halogens is 1. The molecule has 4 rings (SSSR count). The number of nitrogens with zero attached hydrogens (tertiary/aromatic N) is 5. The third-order valence-electron chi connectivity index (χ3n) is 4.91. The molecule has 0 atom stereocenters. The van der Waals surface area contributed by atoms with Gasteiger partial charge in [-0.05, 0) is 35.8 Å². The van der Waals surface area contributed by atoms with E-state index in [0.29, 0.717) is 52.7 Å². The lowest BCUT2D eigenvalue weighted by Crippen LogP contribution is -2.48. The molecule has 1 aliphatic rings. The number of rotatable bonds is 5. The van der Waals surface area contributed by atoms with E-state index in [0.717, 1.165) is 5.56 Å². The van der Waals surface area contributed by atoms with Crippen LogP contribution in [0.15, 0.2) is 46.0 Å². The first-order valence-electron chi connectivity index (χ1n) is 9.02. The number of hydrogen-bond donors (Lipinski definition) is 0. The Labute approximate surface area is 183 Å². The van der Waals surface area contributed by atoms with E-state index in [1.54, 1.807) is 26.5 Å². The Bertz CT molecular complexity index is 1160. The molecular formula is C18H20ClN5O2S3. The predicted octanol–water partition coefficient (Wildman–Crippen LogP) is 3.30. The van der Waals surface area contributed by atoms with Crippen LogP contribution in [0.4, 0.5) is 0 Å². The third kappa shape index (κ3) is 4.05. The monoisotopic (exact) mass is 469 g/mol. The summed E-state index contributed by atoms with van der Waals surface area (Å²) < 4.78 is 31.5. The van der Waals surface area contributed by atoms with Crippen LogP contribution in [0.2, 0.25) is 5.02 Å². The lowest BCUT2D eigenvalue weighted by atomic mass is 10.2. The minimum atomic E-state index is -3.40. The molecule has 1 fully saturated rings. The normalized spacial score (nSPS) is 16.3. The summed E-state index contributed by atoms with van der Waals surface area (Å²) in [6.45, 7) is 2.62. The van der Waals surface area contributed by atoms with Crippen molar-refractivity contribution in [3.05, 3.63) is 51.6 Å². The maximum Gasteiger partial charge on any atom is 0.252 e. The van der Waals surface area contributed by atoms with Crippen molar-refractivity contribution in [2.75, 3.05) is 26.2 Å². The number of hydrogen-bond acceptors (Lipinski definition) is 6. The third-order valence-corrected chi connectivity index (χ3v) is 9.00. The molecule has 11 heteroatoms. The standard InChI is InChI=1S/C18H20ClN5O2S3/c1-21-17(14-5-2-3-6-15(14)19)20-24(18(21)27)13-22-8-10-23(11-9-22)29(25,26)16-7-4-12-28-16/h2-7,12H,8-11,13H2,1H3. The molecule has 0 bridgehead atoms. The molecular weight excluding hydrogens is 450 g/mol. The van der Waals surface area contributed by atoms with Crippen molar-refractivity contribution < 1.29 is 8.42 Å². The van der Waals surface area contributed by atoms with Crippen molar-refractivity contribution in [2.45, 2.75) is 10.9 Å². The van der Waals surface area contributed by atoms with E-state index in [-0.39, 0.29) is 0 Å². The van der Waals surface area contributed by atoms with Crippen LogP contribution >= 0.6 is 35.2 Å². The smallest absolute Gasteiger partial charge is 0.252 e. The second-order valence-corrected chi connectivity index (χ2v) is 10.6. The molecule has 3 heterocycles. The van der Waals surface area contributed by atoms with Crippen molar-refractivity contribution in [1.29, 1.82) is 0 Å². The van der Waals surface area contributed by atoms with Gasteiger partial charge in [-0.15, -0.1) is 11.3 Å². The van der Waals surface area contributed by atoms with Crippen molar-refractivity contribution in [1.82, 2.24) is 23.6 Å². The second-order valence-electron chi connectivity index (χ2n) is 6.74. The fourth-order valence-electron chi connectivity index (χ4n) is 3.30. The Morgan fingerprint density at radius 1 is 1.14 bits per heavy atom. The van der Waals surface area contributed by atoms with Crippen LogP contribution in [0.25, 0.3) is 11.4 Å². The number of thiophene rings is 1. The molecule has 29 heavy (non-hydrogen) atoms. The highest BCUT2D eigenvalue weighted by Crippen LogP contribution is 2.26. The maximum atomic E-state index is 12.7. The van der Waals surface area contributed by atoms with Crippen molar-refractivity contribution in [3.63, 3.8) is 0 Å². The van der Waals surface area contributed by atoms with E-state index in [4.69, 9.17) is 23.8 Å². The lowest BCUT2D eigenvalue weighted by molar-refractivity contribution is 0.145. The summed E-state index contributed by atoms with van der Waals surface area (Å²) in [6, 6.07) is 10.9. The number of benzene rings is 1. The first-order chi connectivity index (χ1) is 13.9. The van der Waals surface area contributed by atoms with E-state index in [1.807, 2.05) is 35.9 Å². The van der Waals surface area contributed by atoms with Gasteiger partial charge >= 0.3 is 0 Å². The van der Waals surface area contributed by atoms with E-state index in [1.165, 1.54) is 11.3 Å². The van der Waals surface area contributed by atoms with Crippen LogP contribution < -0.4 is 0 Å². The molecule has 0 amide bonds. The van der Waals surface area contributed by atoms with Gasteiger partial charge in [0.2, 0.25) is 0 Å². The Hall–Kier alpha value is -1.56. The minimum absolute atomic E-state index is 0.391. The van der Waals surface area contributed by atoms with Gasteiger partial charge in [0.15, 0.2) is 10.6 Å². The fourth-order valence-corrected chi connectivity index (χ4v) is 6.27. The molecule has 1 aromatic carbocycles. The molecule has 3 aromatic rings. The molecule has 1 saturated heterocycles. The first-order valence-corrected chi connectivity index (χ1v) is 12.1. The summed E-state index contributed by atoms with van der Waals surface area (Å²) in [4.78, 5) is 2.15. The SMILES string of the molecule is Cn1c(-c2ccccc2Cl)nn(CN2CCN(S(=O)(=O)c3cccs3)CC2)c1=S. The number of aromatic nitrogens is 3. The second kappa shape index (κ2) is 8.29. The summed E-state index contributed by atoms with van der Waals surface area (Å²) in [5, 5.41) is 7.06. The highest BCUT2D eigenvalue weighted by atomic mass is 35.5. The molecule has 1 aliphatic heterocycles. The van der Waals surface area contributed by atoms with Crippen molar-refractivity contribution in [2.24, 2.45) is 7.05 Å². The van der Waals surface area contributed by atoms with E-state index in [9.17, 15) is 8.42 Å². The van der Waals surface area contributed by atoms with Gasteiger partial charge in [-0.3, -0.25) is 4.90 Å². The van der Waals surface area contributed by atoms with Gasteiger partial charge < -0.3 is 4.57 Å². The van der Waals surface area contributed by atoms with Gasteiger partial charge in [-0.25, -0.2) is 13.1 Å². The molecule has 0 unspecified atom stereocenters. The lowest BCUT2D eigenvalue weighted by Gasteiger charge is -2.33. The average Bonchev–Trinajstić information content (AvgIpc) is 3.35. The summed E-state index contributed by atoms with van der Waals surface area (Å²) in [5.74, 6) is 0.708. The van der Waals surface area contributed by atoms with Crippen LogP contribution in [0.1, 0.15) is 0 Å². The zero-order valence-corrected chi connectivity index (χ0v) is 18.9. The summed E-state index contributed by atoms with van der Waals surface area (Å²) in [7, 11) is -1.53. The van der Waals surface area contributed by atoms with Crippen LogP contribution in [0, 0.1) is 4.77 Å². The quantitative estimate of drug-likeness (QED) is 0.536. The fraction of sp³-hybridized carbons (Fsp3) is 0.333. The minimum Gasteiger partial charge on any atom is -0.303 e. The first kappa shape index (κ1) is 20.7. The van der Waals surface area contributed by atoms with Crippen LogP contribution in [0.3, 0.4) is 0 Å².